The number of imidazole rings is 1. The molecular formula is C14H13N3OS. The minimum atomic E-state index is 0.0157. The van der Waals surface area contributed by atoms with Crippen LogP contribution in [0.1, 0.15) is 11.1 Å². The average Bonchev–Trinajstić information content (AvgIpc) is 2.81. The molecular weight excluding hydrogens is 258 g/mol. The van der Waals surface area contributed by atoms with Gasteiger partial charge in [0.1, 0.15) is 5.03 Å². The normalized spacial score (nSPS) is 11.1. The largest absolute Gasteiger partial charge is 0.392 e. The first kappa shape index (κ1) is 12.2. The summed E-state index contributed by atoms with van der Waals surface area (Å²) in [6.07, 6.45) is 1.68. The lowest BCUT2D eigenvalue weighted by Crippen LogP contribution is -1.86. The number of hydrogen-bond acceptors (Lipinski definition) is 4. The van der Waals surface area contributed by atoms with Gasteiger partial charge in [-0.2, -0.15) is 0 Å². The van der Waals surface area contributed by atoms with Gasteiger partial charge in [0.25, 0.3) is 0 Å². The highest BCUT2D eigenvalue weighted by molar-refractivity contribution is 7.99. The van der Waals surface area contributed by atoms with E-state index in [4.69, 9.17) is 5.11 Å². The minimum absolute atomic E-state index is 0.0157. The van der Waals surface area contributed by atoms with Crippen molar-refractivity contribution in [1.82, 2.24) is 15.0 Å². The van der Waals surface area contributed by atoms with Crippen molar-refractivity contribution in [3.8, 4) is 0 Å². The highest BCUT2D eigenvalue weighted by Gasteiger charge is 2.05. The second-order valence-corrected chi connectivity index (χ2v) is 5.34. The Hall–Kier alpha value is -1.85. The molecule has 2 aromatic heterocycles. The van der Waals surface area contributed by atoms with Gasteiger partial charge in [-0.3, -0.25) is 0 Å². The molecule has 0 aliphatic heterocycles. The monoisotopic (exact) mass is 271 g/mol. The number of aryl methyl sites for hydroxylation is 1. The van der Waals surface area contributed by atoms with E-state index in [-0.39, 0.29) is 6.61 Å². The van der Waals surface area contributed by atoms with Gasteiger partial charge in [-0.15, -0.1) is 0 Å². The molecule has 0 bridgehead atoms. The van der Waals surface area contributed by atoms with E-state index in [2.05, 4.69) is 27.9 Å². The molecule has 0 amide bonds. The van der Waals surface area contributed by atoms with Crippen LogP contribution in [0.25, 0.3) is 11.0 Å². The van der Waals surface area contributed by atoms with Gasteiger partial charge in [0.2, 0.25) is 0 Å². The maximum absolute atomic E-state index is 8.97. The van der Waals surface area contributed by atoms with Crippen molar-refractivity contribution in [3.63, 3.8) is 0 Å². The van der Waals surface area contributed by atoms with Gasteiger partial charge in [0, 0.05) is 6.20 Å². The molecule has 0 atom stereocenters. The molecule has 0 radical (unpaired) electrons. The maximum atomic E-state index is 8.97. The van der Waals surface area contributed by atoms with Gasteiger partial charge in [0.05, 0.1) is 17.6 Å². The lowest BCUT2D eigenvalue weighted by molar-refractivity contribution is 0.281. The summed E-state index contributed by atoms with van der Waals surface area (Å²) in [5.41, 5.74) is 4.01. The van der Waals surface area contributed by atoms with E-state index in [0.717, 1.165) is 26.8 Å². The van der Waals surface area contributed by atoms with Gasteiger partial charge < -0.3 is 10.1 Å². The molecule has 0 aliphatic rings. The fraction of sp³-hybridized carbons (Fsp3) is 0.143. The topological polar surface area (TPSA) is 61.8 Å². The molecule has 0 unspecified atom stereocenters. The number of pyridine rings is 1. The Morgan fingerprint density at radius 1 is 1.26 bits per heavy atom. The van der Waals surface area contributed by atoms with Gasteiger partial charge in [-0.05, 0) is 48.0 Å². The van der Waals surface area contributed by atoms with Gasteiger partial charge in [-0.25, -0.2) is 9.97 Å². The van der Waals surface area contributed by atoms with E-state index in [0.29, 0.717) is 0 Å². The van der Waals surface area contributed by atoms with E-state index in [1.54, 1.807) is 6.20 Å². The van der Waals surface area contributed by atoms with Crippen molar-refractivity contribution in [2.45, 2.75) is 23.7 Å². The standard InChI is InChI=1S/C14H13N3OS/c1-9-2-4-11-12(6-9)17-14(16-11)19-13-5-3-10(8-18)7-15-13/h2-7,18H,8H2,1H3,(H,16,17). The summed E-state index contributed by atoms with van der Waals surface area (Å²) < 4.78 is 0. The summed E-state index contributed by atoms with van der Waals surface area (Å²) in [5.74, 6) is 0. The molecule has 4 nitrogen and oxygen atoms in total. The summed E-state index contributed by atoms with van der Waals surface area (Å²) in [6.45, 7) is 2.07. The SMILES string of the molecule is Cc1ccc2nc(Sc3ccc(CO)cn3)[nH]c2c1. The Bertz CT molecular complexity index is 706. The second-order valence-electron chi connectivity index (χ2n) is 4.33. The van der Waals surface area contributed by atoms with Crippen LogP contribution in [0.4, 0.5) is 0 Å². The van der Waals surface area contributed by atoms with Crippen molar-refractivity contribution >= 4 is 22.8 Å². The maximum Gasteiger partial charge on any atom is 0.172 e. The zero-order valence-electron chi connectivity index (χ0n) is 10.4. The van der Waals surface area contributed by atoms with E-state index in [1.165, 1.54) is 17.3 Å². The molecule has 2 N–H and O–H groups in total. The van der Waals surface area contributed by atoms with Crippen LogP contribution in [0.2, 0.25) is 0 Å². The number of H-pyrrole nitrogens is 1. The third kappa shape index (κ3) is 2.62. The first-order valence-corrected chi connectivity index (χ1v) is 6.76. The Labute approximate surface area is 114 Å². The van der Waals surface area contributed by atoms with Crippen LogP contribution in [-0.4, -0.2) is 20.1 Å². The number of aromatic nitrogens is 3. The Morgan fingerprint density at radius 3 is 2.89 bits per heavy atom. The van der Waals surface area contributed by atoms with Crippen molar-refractivity contribution in [2.75, 3.05) is 0 Å². The van der Waals surface area contributed by atoms with Crippen LogP contribution in [0, 0.1) is 6.92 Å². The number of rotatable bonds is 3. The third-order valence-corrected chi connectivity index (χ3v) is 3.63. The molecule has 0 saturated heterocycles. The van der Waals surface area contributed by atoms with Crippen LogP contribution < -0.4 is 0 Å². The van der Waals surface area contributed by atoms with Gasteiger partial charge >= 0.3 is 0 Å². The van der Waals surface area contributed by atoms with Crippen LogP contribution in [0.5, 0.6) is 0 Å². The number of aromatic amines is 1. The Morgan fingerprint density at radius 2 is 2.16 bits per heavy atom. The number of benzene rings is 1. The number of fused-ring (bicyclic) bond motifs is 1. The highest BCUT2D eigenvalue weighted by atomic mass is 32.2. The van der Waals surface area contributed by atoms with Crippen molar-refractivity contribution in [3.05, 3.63) is 47.7 Å². The number of aliphatic hydroxyl groups is 1. The quantitative estimate of drug-likeness (QED) is 0.769. The molecule has 0 spiro atoms. The fourth-order valence-corrected chi connectivity index (χ4v) is 2.56. The Kier molecular flexibility index (Phi) is 3.23. The molecule has 1 aromatic carbocycles. The van der Waals surface area contributed by atoms with Crippen LogP contribution in [0.3, 0.4) is 0 Å². The molecule has 96 valence electrons. The molecule has 0 aliphatic carbocycles. The predicted octanol–water partition coefficient (Wildman–Crippen LogP) is 2.91. The van der Waals surface area contributed by atoms with Crippen LogP contribution >= 0.6 is 11.8 Å². The number of nitrogens with one attached hydrogen (secondary N) is 1. The van der Waals surface area contributed by atoms with Crippen molar-refractivity contribution < 1.29 is 5.11 Å². The van der Waals surface area contributed by atoms with Crippen molar-refractivity contribution in [2.24, 2.45) is 0 Å². The summed E-state index contributed by atoms with van der Waals surface area (Å²) in [6, 6.07) is 9.88. The smallest absolute Gasteiger partial charge is 0.172 e. The summed E-state index contributed by atoms with van der Waals surface area (Å²) >= 11 is 1.48. The lowest BCUT2D eigenvalue weighted by Gasteiger charge is -1.98. The first-order valence-electron chi connectivity index (χ1n) is 5.94. The Balaban J connectivity index is 1.87. The average molecular weight is 271 g/mol. The van der Waals surface area contributed by atoms with Gasteiger partial charge in [0.15, 0.2) is 5.16 Å². The first-order chi connectivity index (χ1) is 9.24. The molecule has 2 heterocycles. The molecule has 3 rings (SSSR count). The van der Waals surface area contributed by atoms with Crippen molar-refractivity contribution in [1.29, 1.82) is 0 Å². The summed E-state index contributed by atoms with van der Waals surface area (Å²) in [7, 11) is 0. The predicted molar refractivity (Wildman–Crippen MR) is 75.1 cm³/mol. The zero-order chi connectivity index (χ0) is 13.2. The highest BCUT2D eigenvalue weighted by Crippen LogP contribution is 2.26. The number of nitrogens with zero attached hydrogens (tertiary/aromatic N) is 2. The number of hydrogen-bond donors (Lipinski definition) is 2. The number of aliphatic hydroxyl groups excluding tert-OH is 1. The second kappa shape index (κ2) is 5.03. The van der Waals surface area contributed by atoms with Gasteiger partial charge in [-0.1, -0.05) is 12.1 Å². The molecule has 19 heavy (non-hydrogen) atoms. The summed E-state index contributed by atoms with van der Waals surface area (Å²) in [4.78, 5) is 12.1. The molecule has 5 heteroatoms. The van der Waals surface area contributed by atoms with Crippen LogP contribution in [-0.2, 0) is 6.61 Å². The zero-order valence-corrected chi connectivity index (χ0v) is 11.2. The molecule has 3 aromatic rings. The molecule has 0 saturated carbocycles. The van der Waals surface area contributed by atoms with E-state index in [9.17, 15) is 0 Å². The molecule has 0 fully saturated rings. The minimum Gasteiger partial charge on any atom is -0.392 e. The lowest BCUT2D eigenvalue weighted by atomic mass is 10.2. The summed E-state index contributed by atoms with van der Waals surface area (Å²) in [5, 5.41) is 10.7. The fourth-order valence-electron chi connectivity index (χ4n) is 1.81. The van der Waals surface area contributed by atoms with E-state index < -0.39 is 0 Å². The van der Waals surface area contributed by atoms with E-state index >= 15 is 0 Å². The van der Waals surface area contributed by atoms with Crippen LogP contribution in [0.15, 0.2) is 46.7 Å². The van der Waals surface area contributed by atoms with E-state index in [1.807, 2.05) is 24.3 Å². The third-order valence-electron chi connectivity index (χ3n) is 2.80.